The highest BCUT2D eigenvalue weighted by Crippen LogP contribution is 1.32. The molecule has 0 atom stereocenters. The van der Waals surface area contributed by atoms with Crippen molar-refractivity contribution in [1.29, 1.82) is 0 Å². The molecule has 5 heteroatoms. The Bertz CT molecular complexity index is 11.1. The van der Waals surface area contributed by atoms with E-state index in [1.807, 2.05) is 0 Å². The fourth-order valence-corrected chi connectivity index (χ4v) is 0.0642. The summed E-state index contributed by atoms with van der Waals surface area (Å²) in [4.78, 5) is 0. The maximum atomic E-state index is 4.85. The molecule has 19 valence electrons. The molecule has 0 amide bonds. The van der Waals surface area contributed by atoms with E-state index in [2.05, 4.69) is 0 Å². The van der Waals surface area contributed by atoms with Crippen LogP contribution in [0.2, 0.25) is 0 Å². The molecule has 0 unspecified atom stereocenters. The minimum atomic E-state index is 1.38. The largest absolute Gasteiger partial charge is 0.382 e. The van der Waals surface area contributed by atoms with Gasteiger partial charge in [-0.2, -0.15) is 0 Å². The lowest BCUT2D eigenvalue weighted by Crippen LogP contribution is -2.20. The van der Waals surface area contributed by atoms with Gasteiger partial charge in [0.15, 0.2) is 0 Å². The van der Waals surface area contributed by atoms with Gasteiger partial charge in [-0.1, -0.05) is 0 Å². The van der Waals surface area contributed by atoms with Crippen molar-refractivity contribution in [3.05, 3.63) is 0 Å². The first-order valence-electron chi connectivity index (χ1n) is 1.33. The molecular formula is H2B4N. The Morgan fingerprint density at radius 2 is 2.20 bits per heavy atom. The summed E-state index contributed by atoms with van der Waals surface area (Å²) in [6.45, 7) is 0. The fraction of sp³-hybridized carbons (Fsp3) is 0. The van der Waals surface area contributed by atoms with Gasteiger partial charge in [-0.15, -0.1) is 0 Å². The molecule has 0 saturated carbocycles. The summed E-state index contributed by atoms with van der Waals surface area (Å²) in [6.07, 6.45) is 0. The van der Waals surface area contributed by atoms with Gasteiger partial charge in [-0.25, -0.2) is 0 Å². The van der Waals surface area contributed by atoms with Crippen LogP contribution in [0.1, 0.15) is 0 Å². The van der Waals surface area contributed by atoms with E-state index in [0.29, 0.717) is 0 Å². The third-order valence-electron chi connectivity index (χ3n) is 0.222. The van der Waals surface area contributed by atoms with Crippen molar-refractivity contribution in [3.63, 3.8) is 0 Å². The zero-order chi connectivity index (χ0) is 4.12. The van der Waals surface area contributed by atoms with Crippen LogP contribution in [-0.4, -0.2) is 29.2 Å². The van der Waals surface area contributed by atoms with E-state index in [4.69, 9.17) is 13.4 Å². The van der Waals surface area contributed by atoms with Crippen LogP contribution in [0.4, 0.5) is 0 Å². The van der Waals surface area contributed by atoms with Crippen LogP contribution in [0.3, 0.4) is 0 Å². The minimum Gasteiger partial charge on any atom is -0.382 e. The van der Waals surface area contributed by atoms with E-state index in [-0.39, 0.29) is 0 Å². The van der Waals surface area contributed by atoms with E-state index in [9.17, 15) is 0 Å². The van der Waals surface area contributed by atoms with Crippen LogP contribution >= 0.6 is 0 Å². The van der Waals surface area contributed by atoms with Gasteiger partial charge in [0.25, 0.3) is 0 Å². The van der Waals surface area contributed by atoms with Gasteiger partial charge < -0.3 is 5.64 Å². The summed E-state index contributed by atoms with van der Waals surface area (Å²) < 4.78 is 0. The maximum Gasteiger partial charge on any atom is 0.140 e. The van der Waals surface area contributed by atoms with Gasteiger partial charge in [-0.3, -0.25) is 0 Å². The van der Waals surface area contributed by atoms with Gasteiger partial charge in [0.2, 0.25) is 0 Å². The zero-order valence-corrected chi connectivity index (χ0v) is 2.89. The predicted octanol–water partition coefficient (Wildman–Crippen LogP) is -2.11. The molecule has 1 nitrogen and oxygen atoms in total. The second-order valence-corrected chi connectivity index (χ2v) is 0.577. The summed E-state index contributed by atoms with van der Waals surface area (Å²) in [6, 6.07) is 0. The predicted molar refractivity (Wildman–Crippen MR) is 27.2 cm³/mol. The lowest BCUT2D eigenvalue weighted by atomic mass is 9.16. The average molecular weight is 59.3 g/mol. The Labute approximate surface area is 35.8 Å². The Kier molecular flexibility index (Phi) is 4.41. The quantitative estimate of drug-likeness (QED) is 0.362. The van der Waals surface area contributed by atoms with E-state index >= 15 is 0 Å². The minimum absolute atomic E-state index is 1.38. The molecule has 5 heavy (non-hydrogen) atoms. The monoisotopic (exact) mass is 60.1 g/mol. The van der Waals surface area contributed by atoms with Gasteiger partial charge in [0.1, 0.15) is 7.31 Å². The smallest absolute Gasteiger partial charge is 0.140 e. The summed E-state index contributed by atoms with van der Waals surface area (Å²) in [5, 5.41) is 0. The molecule has 0 fully saturated rings. The van der Waals surface area contributed by atoms with Crippen molar-refractivity contribution in [3.8, 4) is 0 Å². The summed E-state index contributed by atoms with van der Waals surface area (Å²) in [5.74, 6) is 0. The third kappa shape index (κ3) is 4.22. The van der Waals surface area contributed by atoms with Gasteiger partial charge in [-0.05, 0) is 0 Å². The first-order valence-corrected chi connectivity index (χ1v) is 1.33. The fourth-order valence-electron chi connectivity index (χ4n) is 0.0642. The van der Waals surface area contributed by atoms with Crippen LogP contribution < -0.4 is 5.64 Å². The number of rotatable bonds is 2. The molecule has 0 bridgehead atoms. The molecule has 5 radical (unpaired) electrons. The standard InChI is InChI=1S/B4H2N/c1-2-3-4-5/h5H2. The number of nitrogens with two attached hydrogens (primary N) is 1. The van der Waals surface area contributed by atoms with Crippen molar-refractivity contribution in [1.82, 2.24) is 0 Å². The molecule has 0 aromatic heterocycles. The Balaban J connectivity index is 2.19. The summed E-state index contributed by atoms with van der Waals surface area (Å²) >= 11 is 0. The molecule has 2 N–H and O–H groups in total. The summed E-state index contributed by atoms with van der Waals surface area (Å²) in [5.41, 5.74) is 4.85. The second-order valence-electron chi connectivity index (χ2n) is 0.577. The van der Waals surface area contributed by atoms with Gasteiger partial charge >= 0.3 is 0 Å². The molecule has 0 aromatic carbocycles. The van der Waals surface area contributed by atoms with Gasteiger partial charge in [0, 0.05) is 21.9 Å². The van der Waals surface area contributed by atoms with Crippen LogP contribution in [0.25, 0.3) is 0 Å². The topological polar surface area (TPSA) is 26.0 Å². The Morgan fingerprint density at radius 1 is 1.60 bits per heavy atom. The van der Waals surface area contributed by atoms with E-state index in [0.717, 1.165) is 0 Å². The summed E-state index contributed by atoms with van der Waals surface area (Å²) in [7, 11) is 9.15. The first-order chi connectivity index (χ1) is 2.41. The molecule has 0 aliphatic carbocycles. The van der Waals surface area contributed by atoms with Crippen LogP contribution in [0.5, 0.6) is 0 Å². The second kappa shape index (κ2) is 4.22. The molecular weight excluding hydrogens is 57.3 g/mol. The van der Waals surface area contributed by atoms with Crippen LogP contribution in [-0.2, 0) is 0 Å². The molecule has 0 heterocycles. The maximum absolute atomic E-state index is 4.85. The first kappa shape index (κ1) is 5.22. The lowest BCUT2D eigenvalue weighted by Gasteiger charge is -1.73. The normalized spacial score (nSPS) is 5.80. The van der Waals surface area contributed by atoms with Crippen molar-refractivity contribution in [2.75, 3.05) is 0 Å². The van der Waals surface area contributed by atoms with Crippen LogP contribution in [0.15, 0.2) is 0 Å². The SMILES string of the molecule is [B][B][B][B]N. The molecule has 0 aromatic rings. The highest BCUT2D eigenvalue weighted by molar-refractivity contribution is 7.40. The molecule has 0 spiro atoms. The zero-order valence-electron chi connectivity index (χ0n) is 2.89. The third-order valence-corrected chi connectivity index (χ3v) is 0.222. The molecule has 0 aliphatic heterocycles. The van der Waals surface area contributed by atoms with E-state index < -0.39 is 0 Å². The van der Waals surface area contributed by atoms with E-state index in [1.54, 1.807) is 7.06 Å². The highest BCUT2D eigenvalue weighted by atomic mass is 14.3. The van der Waals surface area contributed by atoms with Gasteiger partial charge in [0.05, 0.1) is 0 Å². The molecule has 0 saturated heterocycles. The Hall–Kier alpha value is 0.220. The van der Waals surface area contributed by atoms with Crippen LogP contribution in [0, 0.1) is 0 Å². The van der Waals surface area contributed by atoms with Crippen molar-refractivity contribution >= 4 is 29.2 Å². The van der Waals surface area contributed by atoms with Crippen molar-refractivity contribution < 1.29 is 0 Å². The van der Waals surface area contributed by atoms with Crippen molar-refractivity contribution in [2.24, 2.45) is 5.64 Å². The lowest BCUT2D eigenvalue weighted by molar-refractivity contribution is 1.98. The highest BCUT2D eigenvalue weighted by Gasteiger charge is 1.76. The molecule has 0 aliphatic rings. The Morgan fingerprint density at radius 3 is 2.20 bits per heavy atom. The average Bonchev–Trinajstić information content (AvgIpc) is 1.41. The van der Waals surface area contributed by atoms with Crippen molar-refractivity contribution in [2.45, 2.75) is 0 Å². The number of hydrogen-bond acceptors (Lipinski definition) is 1. The molecule has 0 rings (SSSR count). The number of hydrogen-bond donors (Lipinski definition) is 1. The van der Waals surface area contributed by atoms with E-state index in [1.165, 1.54) is 14.4 Å².